The molecule has 1 aromatic rings. The molecule has 1 aliphatic heterocycles. The molecule has 8 heteroatoms. The predicted octanol–water partition coefficient (Wildman–Crippen LogP) is 2.53. The Morgan fingerprint density at radius 1 is 1.22 bits per heavy atom. The second-order valence-electron chi connectivity index (χ2n) is 5.74. The third-order valence-corrected chi connectivity index (χ3v) is 3.87. The third-order valence-electron chi connectivity index (χ3n) is 3.87. The van der Waals surface area contributed by atoms with Crippen LogP contribution in [0.4, 0.5) is 18.9 Å². The fourth-order valence-electron chi connectivity index (χ4n) is 2.63. The molecule has 1 N–H and O–H groups in total. The fraction of sp³-hybridized carbons (Fsp3) is 0.467. The number of amides is 2. The average Bonchev–Trinajstić information content (AvgIpc) is 3.22. The molecular weight excluding hydrogens is 313 g/mol. The predicted molar refractivity (Wildman–Crippen MR) is 74.6 cm³/mol. The number of halogens is 3. The van der Waals surface area contributed by atoms with Crippen LogP contribution >= 0.6 is 0 Å². The van der Waals surface area contributed by atoms with E-state index in [0.717, 1.165) is 25.0 Å². The van der Waals surface area contributed by atoms with Crippen LogP contribution in [0.5, 0.6) is 5.75 Å². The van der Waals surface area contributed by atoms with Crippen LogP contribution in [-0.4, -0.2) is 35.7 Å². The molecule has 1 aliphatic carbocycles. The van der Waals surface area contributed by atoms with E-state index in [0.29, 0.717) is 12.2 Å². The summed E-state index contributed by atoms with van der Waals surface area (Å²) in [5.74, 6) is -1.09. The summed E-state index contributed by atoms with van der Waals surface area (Å²) in [5.41, 5.74) is 0.363. The Balaban J connectivity index is 1.56. The van der Waals surface area contributed by atoms with Crippen LogP contribution in [0.2, 0.25) is 0 Å². The molecule has 2 aliphatic rings. The van der Waals surface area contributed by atoms with Crippen molar-refractivity contribution in [1.82, 2.24) is 4.90 Å². The van der Waals surface area contributed by atoms with Gasteiger partial charge in [0.05, 0.1) is 5.92 Å². The van der Waals surface area contributed by atoms with Crippen molar-refractivity contribution >= 4 is 17.5 Å². The fourth-order valence-corrected chi connectivity index (χ4v) is 2.63. The van der Waals surface area contributed by atoms with Crippen molar-refractivity contribution in [2.24, 2.45) is 5.92 Å². The first-order chi connectivity index (χ1) is 10.8. The van der Waals surface area contributed by atoms with Crippen molar-refractivity contribution in [2.45, 2.75) is 31.7 Å². The molecule has 0 spiro atoms. The van der Waals surface area contributed by atoms with E-state index >= 15 is 0 Å². The lowest BCUT2D eigenvalue weighted by molar-refractivity contribution is -0.274. The number of carbonyl (C=O) groups is 2. The summed E-state index contributed by atoms with van der Waals surface area (Å²) in [6, 6.07) is 5.18. The maximum atomic E-state index is 12.2. The largest absolute Gasteiger partial charge is 0.573 e. The van der Waals surface area contributed by atoms with Crippen molar-refractivity contribution < 1.29 is 27.5 Å². The SMILES string of the molecule is O=C(Nc1ccc(OC(F)(F)F)cc1)[C@@H]1CC(=O)N(C2CC2)C1. The standard InChI is InChI=1S/C15H15F3N2O3/c16-15(17,18)23-12-5-1-10(2-6-12)19-14(22)9-7-13(21)20(8-9)11-3-4-11/h1-2,5-6,9,11H,3-4,7-8H2,(H,19,22)/t9-/m1/s1. The minimum Gasteiger partial charge on any atom is -0.406 e. The highest BCUT2D eigenvalue weighted by atomic mass is 19.4. The van der Waals surface area contributed by atoms with E-state index in [1.54, 1.807) is 4.90 Å². The summed E-state index contributed by atoms with van der Waals surface area (Å²) in [6.45, 7) is 0.407. The van der Waals surface area contributed by atoms with E-state index < -0.39 is 12.3 Å². The highest BCUT2D eigenvalue weighted by molar-refractivity contribution is 5.97. The zero-order valence-corrected chi connectivity index (χ0v) is 12.1. The molecule has 3 rings (SSSR count). The number of nitrogens with zero attached hydrogens (tertiary/aromatic N) is 1. The van der Waals surface area contributed by atoms with Gasteiger partial charge in [-0.3, -0.25) is 9.59 Å². The van der Waals surface area contributed by atoms with Crippen LogP contribution < -0.4 is 10.1 Å². The Morgan fingerprint density at radius 3 is 2.43 bits per heavy atom. The second-order valence-corrected chi connectivity index (χ2v) is 5.74. The monoisotopic (exact) mass is 328 g/mol. The molecule has 2 fully saturated rings. The summed E-state index contributed by atoms with van der Waals surface area (Å²) in [5, 5.41) is 2.62. The van der Waals surface area contributed by atoms with Gasteiger partial charge in [0.15, 0.2) is 0 Å². The summed E-state index contributed by atoms with van der Waals surface area (Å²) in [6.07, 6.45) is -2.60. The third kappa shape index (κ3) is 3.94. The molecule has 0 bridgehead atoms. The van der Waals surface area contributed by atoms with Gasteiger partial charge >= 0.3 is 6.36 Å². The number of likely N-dealkylation sites (tertiary alicyclic amines) is 1. The van der Waals surface area contributed by atoms with Crippen LogP contribution in [0.25, 0.3) is 0 Å². The molecule has 124 valence electrons. The van der Waals surface area contributed by atoms with Crippen molar-refractivity contribution in [3.05, 3.63) is 24.3 Å². The number of alkyl halides is 3. The quantitative estimate of drug-likeness (QED) is 0.924. The number of rotatable bonds is 4. The number of hydrogen-bond acceptors (Lipinski definition) is 3. The first-order valence-electron chi connectivity index (χ1n) is 7.28. The Morgan fingerprint density at radius 2 is 1.87 bits per heavy atom. The van der Waals surface area contributed by atoms with Crippen molar-refractivity contribution in [2.75, 3.05) is 11.9 Å². The van der Waals surface area contributed by atoms with E-state index in [2.05, 4.69) is 10.1 Å². The van der Waals surface area contributed by atoms with Gasteiger partial charge in [0.2, 0.25) is 11.8 Å². The van der Waals surface area contributed by atoms with Gasteiger partial charge in [-0.25, -0.2) is 0 Å². The van der Waals surface area contributed by atoms with Crippen molar-refractivity contribution in [3.8, 4) is 5.75 Å². The molecule has 1 saturated heterocycles. The smallest absolute Gasteiger partial charge is 0.406 e. The summed E-state index contributed by atoms with van der Waals surface area (Å²) in [7, 11) is 0. The van der Waals surface area contributed by atoms with Crippen LogP contribution in [0.1, 0.15) is 19.3 Å². The van der Waals surface area contributed by atoms with E-state index in [1.165, 1.54) is 12.1 Å². The summed E-state index contributed by atoms with van der Waals surface area (Å²) < 4.78 is 40.0. The Bertz CT molecular complexity index is 611. The van der Waals surface area contributed by atoms with Crippen LogP contribution in [0.15, 0.2) is 24.3 Å². The minimum atomic E-state index is -4.75. The van der Waals surface area contributed by atoms with E-state index in [1.807, 2.05) is 0 Å². The molecule has 2 amide bonds. The maximum Gasteiger partial charge on any atom is 0.573 e. The first kappa shape index (κ1) is 15.6. The number of anilines is 1. The zero-order chi connectivity index (χ0) is 16.6. The second kappa shape index (κ2) is 5.75. The average molecular weight is 328 g/mol. The van der Waals surface area contributed by atoms with Gasteiger partial charge in [-0.1, -0.05) is 0 Å². The Kier molecular flexibility index (Phi) is 3.91. The lowest BCUT2D eigenvalue weighted by Gasteiger charge is -2.15. The number of ether oxygens (including phenoxy) is 1. The number of benzene rings is 1. The molecular formula is C15H15F3N2O3. The van der Waals surface area contributed by atoms with Crippen molar-refractivity contribution in [3.63, 3.8) is 0 Å². The lowest BCUT2D eigenvalue weighted by atomic mass is 10.1. The van der Waals surface area contributed by atoms with Gasteiger partial charge in [0.1, 0.15) is 5.75 Å². The molecule has 1 atom stereocenters. The molecule has 5 nitrogen and oxygen atoms in total. The van der Waals surface area contributed by atoms with Gasteiger partial charge in [0.25, 0.3) is 0 Å². The molecule has 23 heavy (non-hydrogen) atoms. The maximum absolute atomic E-state index is 12.2. The molecule has 0 unspecified atom stereocenters. The van der Waals surface area contributed by atoms with Crippen LogP contribution in [0, 0.1) is 5.92 Å². The van der Waals surface area contributed by atoms with Crippen LogP contribution in [0.3, 0.4) is 0 Å². The molecule has 0 aromatic heterocycles. The van der Waals surface area contributed by atoms with Crippen LogP contribution in [-0.2, 0) is 9.59 Å². The molecule has 1 aromatic carbocycles. The van der Waals surface area contributed by atoms with E-state index in [-0.39, 0.29) is 30.0 Å². The lowest BCUT2D eigenvalue weighted by Crippen LogP contribution is -2.29. The highest BCUT2D eigenvalue weighted by Gasteiger charge is 2.41. The number of nitrogens with one attached hydrogen (secondary N) is 1. The normalized spacial score (nSPS) is 21.4. The minimum absolute atomic E-state index is 0.0124. The van der Waals surface area contributed by atoms with Gasteiger partial charge in [-0.15, -0.1) is 13.2 Å². The summed E-state index contributed by atoms with van der Waals surface area (Å²) >= 11 is 0. The van der Waals surface area contributed by atoms with Gasteiger partial charge in [-0.05, 0) is 37.1 Å². The highest BCUT2D eigenvalue weighted by Crippen LogP contribution is 2.33. The van der Waals surface area contributed by atoms with E-state index in [9.17, 15) is 22.8 Å². The Hall–Kier alpha value is -2.25. The van der Waals surface area contributed by atoms with E-state index in [4.69, 9.17) is 0 Å². The number of hydrogen-bond donors (Lipinski definition) is 1. The van der Waals surface area contributed by atoms with Gasteiger partial charge < -0.3 is 15.0 Å². The number of carbonyl (C=O) groups excluding carboxylic acids is 2. The van der Waals surface area contributed by atoms with Crippen molar-refractivity contribution in [1.29, 1.82) is 0 Å². The van der Waals surface area contributed by atoms with Gasteiger partial charge in [0, 0.05) is 24.7 Å². The zero-order valence-electron chi connectivity index (χ0n) is 12.1. The molecule has 1 heterocycles. The summed E-state index contributed by atoms with van der Waals surface area (Å²) in [4.78, 5) is 25.7. The first-order valence-corrected chi connectivity index (χ1v) is 7.28. The Labute approximate surface area is 130 Å². The molecule has 1 saturated carbocycles. The molecule has 0 radical (unpaired) electrons. The topological polar surface area (TPSA) is 58.6 Å². The van der Waals surface area contributed by atoms with Gasteiger partial charge in [-0.2, -0.15) is 0 Å².